The number of rotatable bonds is 2. The Morgan fingerprint density at radius 1 is 0.842 bits per heavy atom. The van der Waals surface area contributed by atoms with Crippen LogP contribution in [0, 0.1) is 17.5 Å². The molecule has 0 saturated heterocycles. The zero-order valence-electron chi connectivity index (χ0n) is 9.23. The average molecular weight is 459 g/mol. The van der Waals surface area contributed by atoms with Crippen molar-refractivity contribution in [3.63, 3.8) is 0 Å². The van der Waals surface area contributed by atoms with Crippen LogP contribution in [0.3, 0.4) is 0 Å². The minimum absolute atomic E-state index is 0.0307. The molecule has 0 bridgehead atoms. The maximum Gasteiger partial charge on any atom is 0.142 e. The number of hydrogen-bond donors (Lipinski definition) is 0. The predicted molar refractivity (Wildman–Crippen MR) is 78.9 cm³/mol. The van der Waals surface area contributed by atoms with Gasteiger partial charge < -0.3 is 0 Å². The molecule has 2 aromatic carbocycles. The van der Waals surface area contributed by atoms with Crippen LogP contribution in [0.1, 0.15) is 16.0 Å². The first-order chi connectivity index (χ1) is 8.91. The molecule has 0 aliphatic rings. The fourth-order valence-electron chi connectivity index (χ4n) is 1.62. The van der Waals surface area contributed by atoms with Crippen molar-refractivity contribution in [2.24, 2.45) is 0 Å². The summed E-state index contributed by atoms with van der Waals surface area (Å²) >= 11 is 9.17. The molecular weight excluding hydrogens is 453 g/mol. The van der Waals surface area contributed by atoms with Crippen LogP contribution in [0.4, 0.5) is 13.2 Å². The smallest absolute Gasteiger partial charge is 0.142 e. The molecule has 0 aromatic heterocycles. The zero-order valence-corrected chi connectivity index (χ0v) is 14.0. The molecule has 1 unspecified atom stereocenters. The van der Waals surface area contributed by atoms with Gasteiger partial charge in [-0.3, -0.25) is 0 Å². The van der Waals surface area contributed by atoms with Crippen molar-refractivity contribution in [2.45, 2.75) is 4.83 Å². The Bertz CT molecular complexity index is 629. The van der Waals surface area contributed by atoms with E-state index in [0.29, 0.717) is 0 Å². The summed E-state index contributed by atoms with van der Waals surface area (Å²) in [7, 11) is 0. The average Bonchev–Trinajstić information content (AvgIpc) is 2.36. The van der Waals surface area contributed by atoms with Gasteiger partial charge in [-0.05, 0) is 50.1 Å². The van der Waals surface area contributed by atoms with Crippen LogP contribution in [0.2, 0.25) is 0 Å². The van der Waals surface area contributed by atoms with E-state index in [1.54, 1.807) is 6.07 Å². The quantitative estimate of drug-likeness (QED) is 0.376. The summed E-state index contributed by atoms with van der Waals surface area (Å²) < 4.78 is 41.6. The predicted octanol–water partition coefficient (Wildman–Crippen LogP) is 6.11. The third-order valence-corrected chi connectivity index (χ3v) is 4.77. The second kappa shape index (κ2) is 5.97. The first-order valence-corrected chi connectivity index (χ1v) is 7.64. The van der Waals surface area contributed by atoms with Gasteiger partial charge in [-0.1, -0.05) is 28.1 Å². The molecule has 2 rings (SSSR count). The van der Waals surface area contributed by atoms with Crippen molar-refractivity contribution in [3.8, 4) is 0 Å². The molecule has 6 heteroatoms. The lowest BCUT2D eigenvalue weighted by Crippen LogP contribution is -2.01. The van der Waals surface area contributed by atoms with Crippen molar-refractivity contribution in [1.82, 2.24) is 0 Å². The van der Waals surface area contributed by atoms with E-state index in [2.05, 4.69) is 47.8 Å². The van der Waals surface area contributed by atoms with E-state index in [4.69, 9.17) is 0 Å². The molecule has 0 nitrogen and oxygen atoms in total. The van der Waals surface area contributed by atoms with Crippen LogP contribution in [0.15, 0.2) is 39.3 Å². The lowest BCUT2D eigenvalue weighted by Gasteiger charge is -2.14. The number of alkyl halides is 1. The molecular formula is C13H6Br3F3. The molecule has 0 N–H and O–H groups in total. The molecule has 0 heterocycles. The molecule has 0 aliphatic carbocycles. The van der Waals surface area contributed by atoms with Gasteiger partial charge in [0, 0.05) is 11.1 Å². The molecule has 2 aromatic rings. The summed E-state index contributed by atoms with van der Waals surface area (Å²) in [5.74, 6) is -1.72. The van der Waals surface area contributed by atoms with Gasteiger partial charge in [-0.25, -0.2) is 13.2 Å². The third-order valence-electron chi connectivity index (χ3n) is 2.57. The van der Waals surface area contributed by atoms with Crippen LogP contribution < -0.4 is 0 Å². The highest BCUT2D eigenvalue weighted by atomic mass is 79.9. The number of hydrogen-bond acceptors (Lipinski definition) is 0. The first kappa shape index (κ1) is 15.1. The molecule has 0 radical (unpaired) electrons. The standard InChI is InChI=1S/C13H6Br3F3/c14-8-3-1-2-6(13(8)19)12(16)7-4-11(18)9(15)5-10(7)17/h1-5,12H. The molecule has 0 amide bonds. The normalized spacial score (nSPS) is 12.5. The summed E-state index contributed by atoms with van der Waals surface area (Å²) in [5.41, 5.74) is 0.271. The van der Waals surface area contributed by atoms with Crippen LogP contribution in [-0.4, -0.2) is 0 Å². The van der Waals surface area contributed by atoms with Gasteiger partial charge >= 0.3 is 0 Å². The Hall–Kier alpha value is -0.330. The van der Waals surface area contributed by atoms with Crippen LogP contribution in [-0.2, 0) is 0 Å². The van der Waals surface area contributed by atoms with Crippen molar-refractivity contribution in [3.05, 3.63) is 67.9 Å². The summed E-state index contributed by atoms with van der Waals surface area (Å²) in [6, 6.07) is 6.74. The summed E-state index contributed by atoms with van der Waals surface area (Å²) in [4.78, 5) is -0.771. The van der Waals surface area contributed by atoms with Gasteiger partial charge in [-0.2, -0.15) is 0 Å². The Kier molecular flexibility index (Phi) is 4.74. The highest BCUT2D eigenvalue weighted by Gasteiger charge is 2.21. The monoisotopic (exact) mass is 456 g/mol. The summed E-state index contributed by atoms with van der Waals surface area (Å²) in [6.07, 6.45) is 0. The van der Waals surface area contributed by atoms with Crippen LogP contribution in [0.5, 0.6) is 0 Å². The second-order valence-electron chi connectivity index (χ2n) is 3.79. The van der Waals surface area contributed by atoms with Crippen LogP contribution >= 0.6 is 47.8 Å². The third kappa shape index (κ3) is 3.06. The van der Waals surface area contributed by atoms with E-state index in [-0.39, 0.29) is 20.1 Å². The van der Waals surface area contributed by atoms with Crippen molar-refractivity contribution >= 4 is 47.8 Å². The van der Waals surface area contributed by atoms with Gasteiger partial charge in [0.05, 0.1) is 13.8 Å². The van der Waals surface area contributed by atoms with Gasteiger partial charge in [0.25, 0.3) is 0 Å². The number of benzene rings is 2. The van der Waals surface area contributed by atoms with Crippen LogP contribution in [0.25, 0.3) is 0 Å². The van der Waals surface area contributed by atoms with Crippen molar-refractivity contribution in [1.29, 1.82) is 0 Å². The first-order valence-electron chi connectivity index (χ1n) is 5.14. The van der Waals surface area contributed by atoms with E-state index in [9.17, 15) is 13.2 Å². The van der Waals surface area contributed by atoms with Gasteiger partial charge in [0.1, 0.15) is 17.5 Å². The minimum Gasteiger partial charge on any atom is -0.207 e. The van der Waals surface area contributed by atoms with E-state index >= 15 is 0 Å². The largest absolute Gasteiger partial charge is 0.207 e. The van der Waals surface area contributed by atoms with E-state index in [1.165, 1.54) is 12.1 Å². The Labute approximate surface area is 133 Å². The van der Waals surface area contributed by atoms with E-state index in [0.717, 1.165) is 12.1 Å². The molecule has 1 atom stereocenters. The molecule has 0 spiro atoms. The summed E-state index contributed by atoms with van der Waals surface area (Å²) in [5, 5.41) is 0. The fourth-order valence-corrected chi connectivity index (χ4v) is 3.02. The maximum atomic E-state index is 13.9. The lowest BCUT2D eigenvalue weighted by atomic mass is 10.0. The van der Waals surface area contributed by atoms with Gasteiger partial charge in [0.2, 0.25) is 0 Å². The Balaban J connectivity index is 2.53. The number of halogens is 6. The van der Waals surface area contributed by atoms with Crippen molar-refractivity contribution < 1.29 is 13.2 Å². The molecule has 0 saturated carbocycles. The second-order valence-corrected chi connectivity index (χ2v) is 6.42. The molecule has 0 fully saturated rings. The topological polar surface area (TPSA) is 0 Å². The van der Waals surface area contributed by atoms with Gasteiger partial charge in [-0.15, -0.1) is 0 Å². The van der Waals surface area contributed by atoms with Crippen molar-refractivity contribution in [2.75, 3.05) is 0 Å². The van der Waals surface area contributed by atoms with E-state index in [1.807, 2.05) is 0 Å². The zero-order chi connectivity index (χ0) is 14.2. The summed E-state index contributed by atoms with van der Waals surface area (Å²) in [6.45, 7) is 0. The molecule has 0 aliphatic heterocycles. The highest BCUT2D eigenvalue weighted by molar-refractivity contribution is 9.11. The maximum absolute atomic E-state index is 13.9. The highest BCUT2D eigenvalue weighted by Crippen LogP contribution is 2.37. The van der Waals surface area contributed by atoms with Gasteiger partial charge in [0.15, 0.2) is 0 Å². The Morgan fingerprint density at radius 3 is 2.21 bits per heavy atom. The molecule has 100 valence electrons. The minimum atomic E-state index is -0.771. The fraction of sp³-hybridized carbons (Fsp3) is 0.0769. The molecule has 19 heavy (non-hydrogen) atoms. The van der Waals surface area contributed by atoms with E-state index < -0.39 is 22.3 Å². The SMILES string of the molecule is Fc1cc(C(Br)c2cccc(Br)c2F)c(F)cc1Br. The Morgan fingerprint density at radius 2 is 1.53 bits per heavy atom. The lowest BCUT2D eigenvalue weighted by molar-refractivity contribution is 0.576.